The summed E-state index contributed by atoms with van der Waals surface area (Å²) in [5, 5.41) is 12.5. The van der Waals surface area contributed by atoms with Gasteiger partial charge in [0.2, 0.25) is 5.91 Å². The zero-order chi connectivity index (χ0) is 14.0. The fraction of sp³-hybridized carbons (Fsp3) is 0.846. The molecule has 0 aromatic heterocycles. The normalized spacial score (nSPS) is 35.1. The van der Waals surface area contributed by atoms with Gasteiger partial charge >= 0.3 is 5.97 Å². The van der Waals surface area contributed by atoms with E-state index in [4.69, 9.17) is 9.84 Å². The number of rotatable bonds is 3. The summed E-state index contributed by atoms with van der Waals surface area (Å²) in [5.41, 5.74) is 0. The third-order valence-electron chi connectivity index (χ3n) is 4.19. The number of nitrogens with one attached hydrogen (secondary N) is 1. The van der Waals surface area contributed by atoms with Gasteiger partial charge in [-0.2, -0.15) is 0 Å². The van der Waals surface area contributed by atoms with Crippen molar-refractivity contribution in [3.8, 4) is 0 Å². The summed E-state index contributed by atoms with van der Waals surface area (Å²) in [6.07, 6.45) is 1.63. The van der Waals surface area contributed by atoms with Crippen LogP contribution in [-0.4, -0.2) is 60.8 Å². The lowest BCUT2D eigenvalue weighted by molar-refractivity contribution is -0.145. The molecule has 2 aliphatic rings. The monoisotopic (exact) mass is 270 g/mol. The average Bonchev–Trinajstić information content (AvgIpc) is 2.86. The predicted octanol–water partition coefficient (Wildman–Crippen LogP) is -0.0675. The first kappa shape index (κ1) is 14.3. The van der Waals surface area contributed by atoms with Gasteiger partial charge in [-0.05, 0) is 26.3 Å². The highest BCUT2D eigenvalue weighted by molar-refractivity contribution is 5.80. The van der Waals surface area contributed by atoms with E-state index in [1.807, 2.05) is 0 Å². The summed E-state index contributed by atoms with van der Waals surface area (Å²) < 4.78 is 5.22. The number of ether oxygens (including phenoxy) is 1. The van der Waals surface area contributed by atoms with Gasteiger partial charge in [0.25, 0.3) is 0 Å². The van der Waals surface area contributed by atoms with E-state index < -0.39 is 11.9 Å². The van der Waals surface area contributed by atoms with Crippen molar-refractivity contribution in [2.45, 2.75) is 31.8 Å². The highest BCUT2D eigenvalue weighted by Gasteiger charge is 2.40. The first-order valence-corrected chi connectivity index (χ1v) is 6.81. The Morgan fingerprint density at radius 3 is 2.74 bits per heavy atom. The smallest absolute Gasteiger partial charge is 0.311 e. The molecule has 2 rings (SSSR count). The fourth-order valence-electron chi connectivity index (χ4n) is 2.97. The molecule has 6 heteroatoms. The molecule has 2 N–H and O–H groups in total. The average molecular weight is 270 g/mol. The topological polar surface area (TPSA) is 78.9 Å². The van der Waals surface area contributed by atoms with E-state index in [2.05, 4.69) is 12.2 Å². The Kier molecular flexibility index (Phi) is 4.42. The van der Waals surface area contributed by atoms with E-state index in [-0.39, 0.29) is 24.5 Å². The maximum Gasteiger partial charge on any atom is 0.311 e. The molecule has 0 spiro atoms. The van der Waals surface area contributed by atoms with Gasteiger partial charge in [0.15, 0.2) is 0 Å². The molecule has 0 aromatic rings. The van der Waals surface area contributed by atoms with Crippen LogP contribution in [0.15, 0.2) is 0 Å². The van der Waals surface area contributed by atoms with Crippen LogP contribution in [0.1, 0.15) is 19.8 Å². The molecule has 4 unspecified atom stereocenters. The van der Waals surface area contributed by atoms with Gasteiger partial charge in [0.05, 0.1) is 19.3 Å². The van der Waals surface area contributed by atoms with Gasteiger partial charge in [0.1, 0.15) is 5.92 Å². The fourth-order valence-corrected chi connectivity index (χ4v) is 2.97. The molecule has 0 aromatic carbocycles. The molecule has 0 bridgehead atoms. The van der Waals surface area contributed by atoms with Gasteiger partial charge in [-0.25, -0.2) is 0 Å². The number of carboxylic acid groups (broad SMARTS) is 1. The SMILES string of the molecule is CC1CC(C(=O)N(C)C2COCC2C(=O)O)CCN1. The number of amides is 1. The van der Waals surface area contributed by atoms with E-state index in [0.717, 1.165) is 19.4 Å². The van der Waals surface area contributed by atoms with Crippen LogP contribution in [0.2, 0.25) is 0 Å². The van der Waals surface area contributed by atoms with Crippen molar-refractivity contribution < 1.29 is 19.4 Å². The van der Waals surface area contributed by atoms with E-state index >= 15 is 0 Å². The van der Waals surface area contributed by atoms with E-state index in [1.54, 1.807) is 11.9 Å². The quantitative estimate of drug-likeness (QED) is 0.750. The molecule has 6 nitrogen and oxygen atoms in total. The molecule has 0 aliphatic carbocycles. The predicted molar refractivity (Wildman–Crippen MR) is 68.7 cm³/mol. The molecule has 0 saturated carbocycles. The van der Waals surface area contributed by atoms with Crippen LogP contribution in [-0.2, 0) is 14.3 Å². The Morgan fingerprint density at radius 2 is 2.11 bits per heavy atom. The van der Waals surface area contributed by atoms with Crippen LogP contribution < -0.4 is 5.32 Å². The number of aliphatic carboxylic acids is 1. The van der Waals surface area contributed by atoms with Crippen LogP contribution in [0.5, 0.6) is 0 Å². The molecule has 4 atom stereocenters. The second-order valence-corrected chi connectivity index (χ2v) is 5.58. The minimum Gasteiger partial charge on any atom is -0.481 e. The van der Waals surface area contributed by atoms with Crippen molar-refractivity contribution in [1.29, 1.82) is 0 Å². The van der Waals surface area contributed by atoms with Crippen molar-refractivity contribution in [2.24, 2.45) is 11.8 Å². The van der Waals surface area contributed by atoms with Gasteiger partial charge < -0.3 is 20.1 Å². The highest BCUT2D eigenvalue weighted by atomic mass is 16.5. The second-order valence-electron chi connectivity index (χ2n) is 5.58. The van der Waals surface area contributed by atoms with Gasteiger partial charge in [-0.1, -0.05) is 0 Å². The number of carboxylic acids is 1. The number of hydrogen-bond acceptors (Lipinski definition) is 4. The van der Waals surface area contributed by atoms with Crippen molar-refractivity contribution in [3.63, 3.8) is 0 Å². The molecule has 2 aliphatic heterocycles. The maximum atomic E-state index is 12.4. The van der Waals surface area contributed by atoms with Gasteiger partial charge in [0, 0.05) is 19.0 Å². The Labute approximate surface area is 113 Å². The van der Waals surface area contributed by atoms with Gasteiger partial charge in [-0.3, -0.25) is 9.59 Å². The number of hydrogen-bond donors (Lipinski definition) is 2. The summed E-state index contributed by atoms with van der Waals surface area (Å²) in [4.78, 5) is 25.2. The number of carbonyl (C=O) groups excluding carboxylic acids is 1. The van der Waals surface area contributed by atoms with Crippen molar-refractivity contribution >= 4 is 11.9 Å². The Hall–Kier alpha value is -1.14. The summed E-state index contributed by atoms with van der Waals surface area (Å²) in [5.74, 6) is -1.44. The van der Waals surface area contributed by atoms with E-state index in [0.29, 0.717) is 12.6 Å². The second kappa shape index (κ2) is 5.88. The first-order valence-electron chi connectivity index (χ1n) is 6.81. The van der Waals surface area contributed by atoms with Crippen LogP contribution in [0.25, 0.3) is 0 Å². The Morgan fingerprint density at radius 1 is 1.37 bits per heavy atom. The Bertz CT molecular complexity index is 361. The minimum atomic E-state index is -0.888. The third kappa shape index (κ3) is 3.06. The molecule has 19 heavy (non-hydrogen) atoms. The van der Waals surface area contributed by atoms with Crippen LogP contribution in [0, 0.1) is 11.8 Å². The summed E-state index contributed by atoms with van der Waals surface area (Å²) in [6, 6.07) is 0.00129. The highest BCUT2D eigenvalue weighted by Crippen LogP contribution is 2.24. The third-order valence-corrected chi connectivity index (χ3v) is 4.19. The zero-order valence-electron chi connectivity index (χ0n) is 11.5. The summed E-state index contributed by atoms with van der Waals surface area (Å²) in [7, 11) is 1.70. The first-order chi connectivity index (χ1) is 9.00. The molecular weight excluding hydrogens is 248 g/mol. The van der Waals surface area contributed by atoms with Crippen LogP contribution in [0.3, 0.4) is 0 Å². The molecule has 108 valence electrons. The van der Waals surface area contributed by atoms with E-state index in [9.17, 15) is 9.59 Å². The van der Waals surface area contributed by atoms with Crippen molar-refractivity contribution in [3.05, 3.63) is 0 Å². The molecule has 2 heterocycles. The Balaban J connectivity index is 2.00. The number of carbonyl (C=O) groups is 2. The summed E-state index contributed by atoms with van der Waals surface area (Å²) >= 11 is 0. The zero-order valence-corrected chi connectivity index (χ0v) is 11.5. The summed E-state index contributed by atoms with van der Waals surface area (Å²) in [6.45, 7) is 3.42. The standard InChI is InChI=1S/C13H22N2O4/c1-8-5-9(3-4-14-8)12(16)15(2)11-7-19-6-10(11)13(17)18/h8-11,14H,3-7H2,1-2H3,(H,17,18). The molecule has 2 fully saturated rings. The van der Waals surface area contributed by atoms with Crippen LogP contribution >= 0.6 is 0 Å². The molecule has 0 radical (unpaired) electrons. The lowest BCUT2D eigenvalue weighted by atomic mass is 9.91. The lowest BCUT2D eigenvalue weighted by Crippen LogP contribution is -2.49. The molecular formula is C13H22N2O4. The van der Waals surface area contributed by atoms with Crippen molar-refractivity contribution in [2.75, 3.05) is 26.8 Å². The lowest BCUT2D eigenvalue weighted by Gasteiger charge is -2.33. The number of likely N-dealkylation sites (N-methyl/N-ethyl adjacent to an activating group) is 1. The van der Waals surface area contributed by atoms with Gasteiger partial charge in [-0.15, -0.1) is 0 Å². The minimum absolute atomic E-state index is 0.00343. The molecule has 2 saturated heterocycles. The maximum absolute atomic E-state index is 12.4. The van der Waals surface area contributed by atoms with E-state index in [1.165, 1.54) is 0 Å². The van der Waals surface area contributed by atoms with Crippen LogP contribution in [0.4, 0.5) is 0 Å². The molecule has 1 amide bonds. The number of nitrogens with zero attached hydrogens (tertiary/aromatic N) is 1. The number of piperidine rings is 1. The largest absolute Gasteiger partial charge is 0.481 e. The van der Waals surface area contributed by atoms with Crippen molar-refractivity contribution in [1.82, 2.24) is 10.2 Å².